The Kier molecular flexibility index (Phi) is 4.83. The Bertz CT molecular complexity index is 226. The summed E-state index contributed by atoms with van der Waals surface area (Å²) < 4.78 is 0. The molecule has 4 atom stereocenters. The van der Waals surface area contributed by atoms with Gasteiger partial charge < -0.3 is 15.7 Å². The van der Waals surface area contributed by atoms with E-state index in [1.165, 1.54) is 38.6 Å². The third-order valence-electron chi connectivity index (χ3n) is 4.54. The van der Waals surface area contributed by atoms with Gasteiger partial charge in [0.1, 0.15) is 0 Å². The fourth-order valence-electron chi connectivity index (χ4n) is 3.31. The van der Waals surface area contributed by atoms with Crippen LogP contribution in [0, 0.1) is 11.8 Å². The third-order valence-corrected chi connectivity index (χ3v) is 4.54. The van der Waals surface area contributed by atoms with E-state index < -0.39 is 0 Å². The molecule has 4 unspecified atom stereocenters. The highest BCUT2D eigenvalue weighted by Crippen LogP contribution is 2.31. The molecule has 3 N–H and O–H groups in total. The lowest BCUT2D eigenvalue weighted by molar-refractivity contribution is 0.116. The van der Waals surface area contributed by atoms with E-state index in [4.69, 9.17) is 0 Å². The summed E-state index contributed by atoms with van der Waals surface area (Å²) in [5.41, 5.74) is 0. The Morgan fingerprint density at radius 2 is 2.06 bits per heavy atom. The summed E-state index contributed by atoms with van der Waals surface area (Å²) in [5, 5.41) is 17.1. The second-order valence-corrected chi connectivity index (χ2v) is 6.12. The molecule has 1 saturated heterocycles. The van der Waals surface area contributed by atoms with Crippen molar-refractivity contribution in [3.05, 3.63) is 0 Å². The van der Waals surface area contributed by atoms with Crippen molar-refractivity contribution < 1.29 is 5.11 Å². The van der Waals surface area contributed by atoms with Gasteiger partial charge in [0.2, 0.25) is 0 Å². The maximum Gasteiger partial charge on any atom is 0.0687 e. The third kappa shape index (κ3) is 3.43. The fraction of sp³-hybridized carbons (Fsp3) is 1.00. The highest BCUT2D eigenvalue weighted by Gasteiger charge is 2.34. The quantitative estimate of drug-likeness (QED) is 0.682. The van der Waals surface area contributed by atoms with Crippen molar-refractivity contribution in [2.24, 2.45) is 11.8 Å². The maximum absolute atomic E-state index is 9.86. The molecule has 0 aromatic heterocycles. The van der Waals surface area contributed by atoms with E-state index in [9.17, 15) is 5.11 Å². The highest BCUT2D eigenvalue weighted by molar-refractivity contribution is 4.93. The van der Waals surface area contributed by atoms with Crippen molar-refractivity contribution in [3.63, 3.8) is 0 Å². The van der Waals surface area contributed by atoms with Crippen LogP contribution in [0.3, 0.4) is 0 Å². The summed E-state index contributed by atoms with van der Waals surface area (Å²) in [6.45, 7) is 6.11. The van der Waals surface area contributed by atoms with Gasteiger partial charge in [0, 0.05) is 18.6 Å². The number of hydrogen-bond acceptors (Lipinski definition) is 3. The van der Waals surface area contributed by atoms with Gasteiger partial charge in [-0.15, -0.1) is 0 Å². The molecule has 2 fully saturated rings. The zero-order valence-corrected chi connectivity index (χ0v) is 11.3. The summed E-state index contributed by atoms with van der Waals surface area (Å²) in [4.78, 5) is 0. The first kappa shape index (κ1) is 13.3. The monoisotopic (exact) mass is 240 g/mol. The molecule has 0 bridgehead atoms. The molecular formula is C14H28N2O. The van der Waals surface area contributed by atoms with Crippen LogP contribution in [0.4, 0.5) is 0 Å². The summed E-state index contributed by atoms with van der Waals surface area (Å²) in [5.74, 6) is 1.14. The van der Waals surface area contributed by atoms with Crippen LogP contribution in [0.25, 0.3) is 0 Å². The largest absolute Gasteiger partial charge is 0.392 e. The van der Waals surface area contributed by atoms with E-state index >= 15 is 0 Å². The van der Waals surface area contributed by atoms with Crippen LogP contribution >= 0.6 is 0 Å². The minimum Gasteiger partial charge on any atom is -0.392 e. The minimum atomic E-state index is -0.201. The topological polar surface area (TPSA) is 44.3 Å². The van der Waals surface area contributed by atoms with Gasteiger partial charge >= 0.3 is 0 Å². The van der Waals surface area contributed by atoms with Crippen molar-refractivity contribution >= 4 is 0 Å². The van der Waals surface area contributed by atoms with Crippen LogP contribution in [0.15, 0.2) is 0 Å². The Morgan fingerprint density at radius 3 is 2.71 bits per heavy atom. The molecule has 1 aliphatic heterocycles. The first-order chi connectivity index (χ1) is 8.18. The van der Waals surface area contributed by atoms with Crippen molar-refractivity contribution in [3.8, 4) is 0 Å². The standard InChI is InChI=1S/C14H28N2O/c1-10(2)14(17)9-16-13-6-3-5-11(13)12-7-4-8-15-12/h10-17H,3-9H2,1-2H3. The number of hydrogen-bond donors (Lipinski definition) is 3. The molecule has 17 heavy (non-hydrogen) atoms. The van der Waals surface area contributed by atoms with E-state index in [1.54, 1.807) is 0 Å². The van der Waals surface area contributed by atoms with Crippen LogP contribution in [0.5, 0.6) is 0 Å². The van der Waals surface area contributed by atoms with E-state index in [0.29, 0.717) is 12.0 Å². The Labute approximate surface area is 105 Å². The van der Waals surface area contributed by atoms with Crippen LogP contribution in [-0.4, -0.2) is 36.4 Å². The molecule has 3 heteroatoms. The predicted octanol–water partition coefficient (Wildman–Crippen LogP) is 1.51. The van der Waals surface area contributed by atoms with Crippen LogP contribution in [0.2, 0.25) is 0 Å². The van der Waals surface area contributed by atoms with Crippen molar-refractivity contribution in [1.29, 1.82) is 0 Å². The molecule has 1 aliphatic carbocycles. The lowest BCUT2D eigenvalue weighted by Crippen LogP contribution is -2.45. The number of aliphatic hydroxyl groups is 1. The average Bonchev–Trinajstić information content (AvgIpc) is 2.95. The molecule has 1 saturated carbocycles. The number of aliphatic hydroxyl groups excluding tert-OH is 1. The van der Waals surface area contributed by atoms with Gasteiger partial charge in [0.15, 0.2) is 0 Å². The summed E-state index contributed by atoms with van der Waals surface area (Å²) >= 11 is 0. The SMILES string of the molecule is CC(C)C(O)CNC1CCCC1C1CCCN1. The van der Waals surface area contributed by atoms with Crippen LogP contribution in [0.1, 0.15) is 46.0 Å². The molecule has 0 aromatic rings. The first-order valence-corrected chi connectivity index (χ1v) is 7.33. The lowest BCUT2D eigenvalue weighted by Gasteiger charge is -2.28. The van der Waals surface area contributed by atoms with Crippen molar-refractivity contribution in [2.45, 2.75) is 64.1 Å². The van der Waals surface area contributed by atoms with Gasteiger partial charge in [0.05, 0.1) is 6.10 Å². The fourth-order valence-corrected chi connectivity index (χ4v) is 3.31. The normalized spacial score (nSPS) is 35.6. The zero-order chi connectivity index (χ0) is 12.3. The summed E-state index contributed by atoms with van der Waals surface area (Å²) in [6, 6.07) is 1.35. The molecule has 0 amide bonds. The highest BCUT2D eigenvalue weighted by atomic mass is 16.3. The smallest absolute Gasteiger partial charge is 0.0687 e. The number of nitrogens with one attached hydrogen (secondary N) is 2. The van der Waals surface area contributed by atoms with Crippen LogP contribution in [-0.2, 0) is 0 Å². The molecule has 0 spiro atoms. The van der Waals surface area contributed by atoms with E-state index in [1.807, 2.05) is 0 Å². The lowest BCUT2D eigenvalue weighted by atomic mass is 9.93. The maximum atomic E-state index is 9.86. The van der Waals surface area contributed by atoms with Crippen LogP contribution < -0.4 is 10.6 Å². The van der Waals surface area contributed by atoms with Gasteiger partial charge in [-0.3, -0.25) is 0 Å². The molecular weight excluding hydrogens is 212 g/mol. The predicted molar refractivity (Wildman–Crippen MR) is 71.0 cm³/mol. The molecule has 0 aromatic carbocycles. The first-order valence-electron chi connectivity index (χ1n) is 7.33. The molecule has 2 rings (SSSR count). The van der Waals surface area contributed by atoms with E-state index in [2.05, 4.69) is 24.5 Å². The second kappa shape index (κ2) is 6.17. The van der Waals surface area contributed by atoms with Crippen molar-refractivity contribution in [2.75, 3.05) is 13.1 Å². The Morgan fingerprint density at radius 1 is 1.24 bits per heavy atom. The Balaban J connectivity index is 1.78. The molecule has 3 nitrogen and oxygen atoms in total. The summed E-state index contributed by atoms with van der Waals surface area (Å²) in [7, 11) is 0. The van der Waals surface area contributed by atoms with Gasteiger partial charge in [-0.25, -0.2) is 0 Å². The Hall–Kier alpha value is -0.120. The summed E-state index contributed by atoms with van der Waals surface area (Å²) in [6.07, 6.45) is 6.46. The molecule has 100 valence electrons. The molecule has 2 aliphatic rings. The zero-order valence-electron chi connectivity index (χ0n) is 11.3. The van der Waals surface area contributed by atoms with Gasteiger partial charge in [0.25, 0.3) is 0 Å². The van der Waals surface area contributed by atoms with Gasteiger partial charge in [-0.2, -0.15) is 0 Å². The number of rotatable bonds is 5. The molecule has 0 radical (unpaired) electrons. The minimum absolute atomic E-state index is 0.201. The van der Waals surface area contributed by atoms with Gasteiger partial charge in [-0.05, 0) is 44.1 Å². The van der Waals surface area contributed by atoms with Gasteiger partial charge in [-0.1, -0.05) is 20.3 Å². The second-order valence-electron chi connectivity index (χ2n) is 6.12. The van der Waals surface area contributed by atoms with E-state index in [0.717, 1.165) is 18.5 Å². The van der Waals surface area contributed by atoms with E-state index in [-0.39, 0.29) is 6.10 Å². The van der Waals surface area contributed by atoms with Crippen molar-refractivity contribution in [1.82, 2.24) is 10.6 Å². The molecule has 1 heterocycles. The average molecular weight is 240 g/mol.